The van der Waals surface area contributed by atoms with Gasteiger partial charge in [-0.3, -0.25) is 14.8 Å². The van der Waals surface area contributed by atoms with E-state index in [0.717, 1.165) is 42.0 Å². The molecule has 3 aromatic rings. The van der Waals surface area contributed by atoms with E-state index in [1.165, 1.54) is 74.8 Å². The lowest BCUT2D eigenvalue weighted by Gasteiger charge is -2.66. The van der Waals surface area contributed by atoms with Gasteiger partial charge in [0.1, 0.15) is 5.75 Å². The van der Waals surface area contributed by atoms with Gasteiger partial charge in [-0.15, -0.1) is 0 Å². The number of nitrogens with zero attached hydrogens (tertiary/aromatic N) is 3. The number of hydrogen-bond donors (Lipinski definition) is 0. The molecule has 0 N–H and O–H groups in total. The first kappa shape index (κ1) is 24.7. The van der Waals surface area contributed by atoms with Gasteiger partial charge in [0.05, 0.1) is 13.3 Å². The summed E-state index contributed by atoms with van der Waals surface area (Å²) in [5.41, 5.74) is 4.92. The first-order valence-electron chi connectivity index (χ1n) is 16.0. The molecule has 5 heteroatoms. The topological polar surface area (TPSA) is 37.8 Å². The van der Waals surface area contributed by atoms with Crippen molar-refractivity contribution in [1.82, 2.24) is 14.8 Å². The molecule has 3 saturated carbocycles. The largest absolute Gasteiger partial charge is 0.493 e. The Labute approximate surface area is 243 Å². The van der Waals surface area contributed by atoms with Gasteiger partial charge in [-0.25, -0.2) is 0 Å². The second kappa shape index (κ2) is 9.05. The van der Waals surface area contributed by atoms with E-state index in [1.807, 2.05) is 24.5 Å². The predicted octanol–water partition coefficient (Wildman–Crippen LogP) is 6.46. The highest BCUT2D eigenvalue weighted by molar-refractivity contribution is 5.61. The van der Waals surface area contributed by atoms with Crippen molar-refractivity contribution in [2.75, 3.05) is 26.7 Å². The molecule has 41 heavy (non-hydrogen) atoms. The number of piperidine rings is 1. The molecule has 2 aromatic carbocycles. The maximum absolute atomic E-state index is 6.86. The second-order valence-electron chi connectivity index (χ2n) is 14.0. The van der Waals surface area contributed by atoms with E-state index in [4.69, 9.17) is 9.47 Å². The quantitative estimate of drug-likeness (QED) is 0.339. The lowest BCUT2D eigenvalue weighted by molar-refractivity contribution is -0.106. The average molecular weight is 548 g/mol. The van der Waals surface area contributed by atoms with E-state index < -0.39 is 0 Å². The van der Waals surface area contributed by atoms with Gasteiger partial charge in [-0.05, 0) is 104 Å². The molecule has 1 aromatic heterocycles. The van der Waals surface area contributed by atoms with Crippen molar-refractivity contribution in [3.05, 3.63) is 83.7 Å². The van der Waals surface area contributed by atoms with Crippen LogP contribution in [0.1, 0.15) is 55.2 Å². The fourth-order valence-corrected chi connectivity index (χ4v) is 10.9. The van der Waals surface area contributed by atoms with E-state index in [1.54, 1.807) is 7.11 Å². The van der Waals surface area contributed by atoms with Crippen LogP contribution in [-0.4, -0.2) is 53.6 Å². The maximum atomic E-state index is 6.86. The molecule has 0 amide bonds. The highest BCUT2D eigenvalue weighted by Crippen LogP contribution is 2.77. The molecule has 4 aliphatic carbocycles. The van der Waals surface area contributed by atoms with Crippen LogP contribution < -0.4 is 9.47 Å². The Morgan fingerprint density at radius 1 is 0.976 bits per heavy atom. The molecule has 9 rings (SSSR count). The summed E-state index contributed by atoms with van der Waals surface area (Å²) in [7, 11) is 1.80. The molecule has 5 nitrogen and oxygen atoms in total. The first-order valence-corrected chi connectivity index (χ1v) is 16.0. The third-order valence-corrected chi connectivity index (χ3v) is 12.3. The Kier molecular flexibility index (Phi) is 5.45. The van der Waals surface area contributed by atoms with Gasteiger partial charge in [-0.2, -0.15) is 0 Å². The molecule has 3 heterocycles. The summed E-state index contributed by atoms with van der Waals surface area (Å²) in [4.78, 5) is 10.2. The zero-order valence-electron chi connectivity index (χ0n) is 24.2. The number of likely N-dealkylation sites (tertiary alicyclic amines) is 2. The minimum atomic E-state index is 0.135. The number of methoxy groups -OCH3 is 1. The Morgan fingerprint density at radius 3 is 2.68 bits per heavy atom. The monoisotopic (exact) mass is 547 g/mol. The second-order valence-corrected chi connectivity index (χ2v) is 14.0. The molecule has 5 fully saturated rings. The third-order valence-electron chi connectivity index (χ3n) is 12.3. The van der Waals surface area contributed by atoms with Crippen LogP contribution in [0.5, 0.6) is 17.2 Å². The first-order chi connectivity index (χ1) is 20.2. The van der Waals surface area contributed by atoms with Crippen LogP contribution in [0.2, 0.25) is 0 Å². The molecule has 212 valence electrons. The summed E-state index contributed by atoms with van der Waals surface area (Å²) in [5.74, 6) is 4.99. The van der Waals surface area contributed by atoms with Gasteiger partial charge in [0.25, 0.3) is 0 Å². The highest BCUT2D eigenvalue weighted by Gasteiger charge is 2.76. The van der Waals surface area contributed by atoms with Gasteiger partial charge < -0.3 is 9.47 Å². The number of fused-ring (bicyclic) bond motifs is 1. The SMILES string of the molecule is COc1ccc2c(c1Oc1cccnc1)C13CCN(CC4CC4)C(C2)C12CCC1C3[C@@H](CN1Cc1ccccc1)C2. The minimum absolute atomic E-state index is 0.135. The zero-order chi connectivity index (χ0) is 27.2. The van der Waals surface area contributed by atoms with Gasteiger partial charge in [0.15, 0.2) is 11.5 Å². The Morgan fingerprint density at radius 2 is 1.88 bits per heavy atom. The summed E-state index contributed by atoms with van der Waals surface area (Å²) < 4.78 is 12.9. The number of aromatic nitrogens is 1. The van der Waals surface area contributed by atoms with Crippen molar-refractivity contribution < 1.29 is 9.47 Å². The Hall–Kier alpha value is -2.89. The maximum Gasteiger partial charge on any atom is 0.173 e. The zero-order valence-corrected chi connectivity index (χ0v) is 24.2. The summed E-state index contributed by atoms with van der Waals surface area (Å²) in [6.45, 7) is 4.84. The van der Waals surface area contributed by atoms with Crippen molar-refractivity contribution in [1.29, 1.82) is 0 Å². The summed E-state index contributed by atoms with van der Waals surface area (Å²) >= 11 is 0. The van der Waals surface area contributed by atoms with Crippen LogP contribution in [0.4, 0.5) is 0 Å². The predicted molar refractivity (Wildman–Crippen MR) is 159 cm³/mol. The van der Waals surface area contributed by atoms with Crippen LogP contribution in [0.25, 0.3) is 0 Å². The lowest BCUT2D eigenvalue weighted by Crippen LogP contribution is -2.69. The molecule has 0 spiro atoms. The van der Waals surface area contributed by atoms with Gasteiger partial charge in [0.2, 0.25) is 0 Å². The molecular formula is C36H41N3O2. The van der Waals surface area contributed by atoms with Crippen molar-refractivity contribution >= 4 is 0 Å². The fraction of sp³-hybridized carbons (Fsp3) is 0.528. The number of rotatable bonds is 7. The van der Waals surface area contributed by atoms with Gasteiger partial charge in [-0.1, -0.05) is 36.4 Å². The van der Waals surface area contributed by atoms with Crippen molar-refractivity contribution in [2.24, 2.45) is 23.2 Å². The smallest absolute Gasteiger partial charge is 0.173 e. The number of pyridine rings is 1. The van der Waals surface area contributed by atoms with Crippen LogP contribution in [0.15, 0.2) is 67.0 Å². The Balaban J connectivity index is 1.20. The molecule has 6 aliphatic rings. The summed E-state index contributed by atoms with van der Waals surface area (Å²) in [5, 5.41) is 0. The number of hydrogen-bond acceptors (Lipinski definition) is 5. The molecule has 0 radical (unpaired) electrons. The average Bonchev–Trinajstić information content (AvgIpc) is 3.71. The van der Waals surface area contributed by atoms with Gasteiger partial charge >= 0.3 is 0 Å². The summed E-state index contributed by atoms with van der Waals surface area (Å²) in [6, 6.07) is 21.0. The molecule has 4 bridgehead atoms. The molecule has 2 aliphatic heterocycles. The van der Waals surface area contributed by atoms with Crippen LogP contribution in [0.3, 0.4) is 0 Å². The van der Waals surface area contributed by atoms with E-state index in [-0.39, 0.29) is 5.41 Å². The normalized spacial score (nSPS) is 35.1. The Bertz CT molecular complexity index is 1460. The third kappa shape index (κ3) is 3.45. The minimum Gasteiger partial charge on any atom is -0.493 e. The van der Waals surface area contributed by atoms with Crippen LogP contribution >= 0.6 is 0 Å². The van der Waals surface area contributed by atoms with Crippen molar-refractivity contribution in [2.45, 2.75) is 69.0 Å². The van der Waals surface area contributed by atoms with Crippen LogP contribution in [-0.2, 0) is 18.4 Å². The fourth-order valence-electron chi connectivity index (χ4n) is 10.9. The van der Waals surface area contributed by atoms with E-state index >= 15 is 0 Å². The highest BCUT2D eigenvalue weighted by atomic mass is 16.5. The van der Waals surface area contributed by atoms with Crippen LogP contribution in [0, 0.1) is 23.2 Å². The standard InChI is InChI=1S/C36H41N3O2/c1-40-30-12-11-26-18-31-35-14-13-29-32(27(19-35)23-39(29)22-24-6-3-2-4-7-24)36(35,15-17-38(31)21-25-9-10-25)33(26)34(30)41-28-8-5-16-37-20-28/h2-8,11-12,16,20,25,27,29,31-32H,9-10,13-15,17-19,21-23H2,1H3/t27-,29?,31?,32?,35?,36?/m1/s1. The van der Waals surface area contributed by atoms with Gasteiger partial charge in [0, 0.05) is 48.9 Å². The molecule has 5 unspecified atom stereocenters. The molecular weight excluding hydrogens is 506 g/mol. The molecule has 2 saturated heterocycles. The number of benzene rings is 2. The van der Waals surface area contributed by atoms with E-state index in [2.05, 4.69) is 57.2 Å². The number of ether oxygens (including phenoxy) is 2. The van der Waals surface area contributed by atoms with Crippen molar-refractivity contribution in [3.8, 4) is 17.2 Å². The molecule has 6 atom stereocenters. The van der Waals surface area contributed by atoms with E-state index in [9.17, 15) is 0 Å². The van der Waals surface area contributed by atoms with E-state index in [0.29, 0.717) is 23.4 Å². The summed E-state index contributed by atoms with van der Waals surface area (Å²) in [6.07, 6.45) is 13.0. The van der Waals surface area contributed by atoms with Crippen molar-refractivity contribution in [3.63, 3.8) is 0 Å². The lowest BCUT2D eigenvalue weighted by atomic mass is 9.43.